The van der Waals surface area contributed by atoms with Crippen LogP contribution < -0.4 is 15.6 Å². The fraction of sp³-hybridized carbons (Fsp3) is 0.440. The van der Waals surface area contributed by atoms with E-state index in [4.69, 9.17) is 9.47 Å². The second-order valence-electron chi connectivity index (χ2n) is 8.30. The average Bonchev–Trinajstić information content (AvgIpc) is 3.05. The number of hydrogen-bond donors (Lipinski definition) is 1. The van der Waals surface area contributed by atoms with E-state index < -0.39 is 0 Å². The first-order valence-electron chi connectivity index (χ1n) is 11.2. The van der Waals surface area contributed by atoms with Gasteiger partial charge in [-0.15, -0.1) is 0 Å². The van der Waals surface area contributed by atoms with E-state index in [2.05, 4.69) is 5.32 Å². The summed E-state index contributed by atoms with van der Waals surface area (Å²) in [7, 11) is 3.34. The van der Waals surface area contributed by atoms with E-state index in [9.17, 15) is 14.0 Å². The molecule has 0 aliphatic rings. The molecule has 7 nitrogen and oxygen atoms in total. The Morgan fingerprint density at radius 1 is 1.18 bits per heavy atom. The molecule has 178 valence electrons. The van der Waals surface area contributed by atoms with Crippen LogP contribution in [0.15, 0.2) is 35.1 Å². The van der Waals surface area contributed by atoms with Crippen LogP contribution in [0.25, 0.3) is 16.6 Å². The zero-order valence-electron chi connectivity index (χ0n) is 20.1. The smallest absolute Gasteiger partial charge is 0.272 e. The van der Waals surface area contributed by atoms with Gasteiger partial charge < -0.3 is 19.4 Å². The molecule has 0 spiro atoms. The lowest BCUT2D eigenvalue weighted by molar-refractivity contribution is 0.0881. The summed E-state index contributed by atoms with van der Waals surface area (Å²) in [5.74, 6) is -0.468. The summed E-state index contributed by atoms with van der Waals surface area (Å²) in [5, 5.41) is 3.30. The van der Waals surface area contributed by atoms with Crippen molar-refractivity contribution in [3.05, 3.63) is 57.9 Å². The first-order valence-corrected chi connectivity index (χ1v) is 11.2. The number of pyridine rings is 1. The monoisotopic (exact) mass is 457 g/mol. The van der Waals surface area contributed by atoms with Gasteiger partial charge in [-0.05, 0) is 57.0 Å². The van der Waals surface area contributed by atoms with Gasteiger partial charge in [0.25, 0.3) is 11.5 Å². The first-order chi connectivity index (χ1) is 15.7. The minimum Gasteiger partial charge on any atom is -0.488 e. The maximum Gasteiger partial charge on any atom is 0.272 e. The summed E-state index contributed by atoms with van der Waals surface area (Å²) in [4.78, 5) is 27.1. The van der Waals surface area contributed by atoms with E-state index in [1.807, 2.05) is 33.8 Å². The Morgan fingerprint density at radius 3 is 2.39 bits per heavy atom. The highest BCUT2D eigenvalue weighted by Crippen LogP contribution is 2.32. The van der Waals surface area contributed by atoms with Crippen LogP contribution in [0.5, 0.6) is 5.75 Å². The maximum atomic E-state index is 13.8. The van der Waals surface area contributed by atoms with Crippen molar-refractivity contribution < 1.29 is 18.7 Å². The van der Waals surface area contributed by atoms with E-state index in [-0.39, 0.29) is 40.9 Å². The molecule has 1 N–H and O–H groups in total. The van der Waals surface area contributed by atoms with Crippen molar-refractivity contribution in [2.24, 2.45) is 7.05 Å². The molecule has 0 saturated carbocycles. The second-order valence-corrected chi connectivity index (χ2v) is 8.30. The van der Waals surface area contributed by atoms with Crippen molar-refractivity contribution in [3.8, 4) is 11.4 Å². The molecule has 0 bridgehead atoms. The number of rotatable bonds is 9. The fourth-order valence-corrected chi connectivity index (χ4v) is 3.97. The molecule has 0 aliphatic carbocycles. The molecule has 0 aliphatic heterocycles. The topological polar surface area (TPSA) is 74.5 Å². The molecule has 2 heterocycles. The molecule has 0 saturated heterocycles. The molecule has 1 atom stereocenters. The highest BCUT2D eigenvalue weighted by Gasteiger charge is 2.28. The van der Waals surface area contributed by atoms with Gasteiger partial charge in [0.15, 0.2) is 11.4 Å². The van der Waals surface area contributed by atoms with Crippen LogP contribution in [0.4, 0.5) is 4.39 Å². The van der Waals surface area contributed by atoms with Crippen molar-refractivity contribution in [1.29, 1.82) is 0 Å². The largest absolute Gasteiger partial charge is 0.488 e. The number of nitrogens with zero attached hydrogens (tertiary/aromatic N) is 2. The summed E-state index contributed by atoms with van der Waals surface area (Å²) >= 11 is 0. The van der Waals surface area contributed by atoms with Crippen LogP contribution in [-0.2, 0) is 18.2 Å². The number of aryl methyl sites for hydroxylation is 2. The number of halogens is 1. The van der Waals surface area contributed by atoms with Gasteiger partial charge >= 0.3 is 0 Å². The third-order valence-corrected chi connectivity index (χ3v) is 5.61. The van der Waals surface area contributed by atoms with Gasteiger partial charge in [-0.25, -0.2) is 4.39 Å². The van der Waals surface area contributed by atoms with Crippen LogP contribution >= 0.6 is 0 Å². The zero-order chi connectivity index (χ0) is 24.3. The van der Waals surface area contributed by atoms with E-state index in [0.29, 0.717) is 36.0 Å². The average molecular weight is 458 g/mol. The molecule has 3 aromatic rings. The lowest BCUT2D eigenvalue weighted by atomic mass is 10.2. The van der Waals surface area contributed by atoms with E-state index in [1.54, 1.807) is 35.4 Å². The Labute approximate surface area is 193 Å². The highest BCUT2D eigenvalue weighted by molar-refractivity contribution is 6.04. The Morgan fingerprint density at radius 2 is 1.85 bits per heavy atom. The first kappa shape index (κ1) is 24.5. The van der Waals surface area contributed by atoms with Crippen LogP contribution in [0.2, 0.25) is 0 Å². The number of nitrogens with one attached hydrogen (secondary N) is 1. The van der Waals surface area contributed by atoms with Gasteiger partial charge in [-0.2, -0.15) is 0 Å². The van der Waals surface area contributed by atoms with Gasteiger partial charge in [0, 0.05) is 25.5 Å². The number of hydrogen-bond acceptors (Lipinski definition) is 4. The molecule has 0 radical (unpaired) electrons. The maximum absolute atomic E-state index is 13.8. The third-order valence-electron chi connectivity index (χ3n) is 5.61. The summed E-state index contributed by atoms with van der Waals surface area (Å²) < 4.78 is 28.0. The quantitative estimate of drug-likeness (QED) is 0.528. The Kier molecular flexibility index (Phi) is 7.58. The molecule has 3 rings (SSSR count). The summed E-state index contributed by atoms with van der Waals surface area (Å²) in [6.45, 7) is 7.98. The Bertz CT molecular complexity index is 1200. The number of carbonyl (C=O) groups excluding carboxylic acids is 1. The molecule has 33 heavy (non-hydrogen) atoms. The number of benzene rings is 1. The minimum absolute atomic E-state index is 0.172. The number of ether oxygens (including phenoxy) is 2. The molecular formula is C25H32FN3O4. The van der Waals surface area contributed by atoms with Gasteiger partial charge in [-0.3, -0.25) is 14.2 Å². The van der Waals surface area contributed by atoms with Crippen molar-refractivity contribution in [2.45, 2.75) is 52.7 Å². The summed E-state index contributed by atoms with van der Waals surface area (Å²) in [6.07, 6.45) is 1.01. The fourth-order valence-electron chi connectivity index (χ4n) is 3.97. The lowest BCUT2D eigenvalue weighted by Gasteiger charge is -2.17. The van der Waals surface area contributed by atoms with Crippen LogP contribution in [-0.4, -0.2) is 40.9 Å². The van der Waals surface area contributed by atoms with Crippen LogP contribution in [0.3, 0.4) is 0 Å². The number of carbonyl (C=O) groups is 1. The van der Waals surface area contributed by atoms with Crippen molar-refractivity contribution >= 4 is 16.8 Å². The standard InChI is InChI=1S/C25H32FN3O4/c1-7-17(14-32-6)27-24(30)22-23(33-15(3)4)21-20(28(22)5)13-18(8-2)29(25(21)31)19-11-9-16(26)10-12-19/h9-13,15,17H,7-8,14H2,1-6H3,(H,27,30). The molecule has 1 aromatic carbocycles. The summed E-state index contributed by atoms with van der Waals surface area (Å²) in [5.41, 5.74) is 1.87. The third kappa shape index (κ3) is 4.80. The van der Waals surface area contributed by atoms with Gasteiger partial charge in [0.1, 0.15) is 11.2 Å². The van der Waals surface area contributed by atoms with Crippen molar-refractivity contribution in [2.75, 3.05) is 13.7 Å². The highest BCUT2D eigenvalue weighted by atomic mass is 19.1. The minimum atomic E-state index is -0.380. The zero-order valence-corrected chi connectivity index (χ0v) is 20.1. The van der Waals surface area contributed by atoms with E-state index >= 15 is 0 Å². The van der Waals surface area contributed by atoms with Gasteiger partial charge in [-0.1, -0.05) is 13.8 Å². The van der Waals surface area contributed by atoms with Crippen molar-refractivity contribution in [3.63, 3.8) is 0 Å². The number of fused-ring (bicyclic) bond motifs is 1. The van der Waals surface area contributed by atoms with E-state index in [1.165, 1.54) is 12.1 Å². The predicted molar refractivity (Wildman–Crippen MR) is 127 cm³/mol. The SMILES string of the molecule is CCc1cc2c(c(OC(C)C)c(C(=O)NC(CC)COC)n2C)c(=O)n1-c1ccc(F)cc1. The van der Waals surface area contributed by atoms with Crippen molar-refractivity contribution in [1.82, 2.24) is 14.5 Å². The van der Waals surface area contributed by atoms with E-state index in [0.717, 1.165) is 5.69 Å². The van der Waals surface area contributed by atoms with Crippen LogP contribution in [0.1, 0.15) is 50.3 Å². The number of methoxy groups -OCH3 is 1. The molecule has 1 amide bonds. The number of amides is 1. The van der Waals surface area contributed by atoms with Gasteiger partial charge in [0.2, 0.25) is 0 Å². The van der Waals surface area contributed by atoms with Gasteiger partial charge in [0.05, 0.1) is 24.3 Å². The molecule has 1 unspecified atom stereocenters. The molecule has 2 aromatic heterocycles. The second kappa shape index (κ2) is 10.2. The molecular weight excluding hydrogens is 425 g/mol. The lowest BCUT2D eigenvalue weighted by Crippen LogP contribution is -2.38. The predicted octanol–water partition coefficient (Wildman–Crippen LogP) is 3.97. The number of aromatic nitrogens is 2. The Balaban J connectivity index is 2.30. The summed E-state index contributed by atoms with van der Waals surface area (Å²) in [6, 6.07) is 7.49. The molecule has 0 fully saturated rings. The normalized spacial score (nSPS) is 12.4. The molecule has 8 heteroatoms. The van der Waals surface area contributed by atoms with Crippen LogP contribution in [0, 0.1) is 5.82 Å². The Hall–Kier alpha value is -3.13.